The summed E-state index contributed by atoms with van der Waals surface area (Å²) >= 11 is 0. The monoisotopic (exact) mass is 473 g/mol. The van der Waals surface area contributed by atoms with Gasteiger partial charge in [0.2, 0.25) is 0 Å². The molecule has 182 valence electrons. The lowest BCUT2D eigenvalue weighted by atomic mass is 9.88. The molecule has 0 atom stereocenters. The zero-order valence-corrected chi connectivity index (χ0v) is 20.5. The van der Waals surface area contributed by atoms with E-state index in [0.717, 1.165) is 36.1 Å². The van der Waals surface area contributed by atoms with Crippen LogP contribution in [0.4, 0.5) is 11.4 Å². The highest BCUT2D eigenvalue weighted by molar-refractivity contribution is 6.35. The molecule has 0 heterocycles. The van der Waals surface area contributed by atoms with E-state index in [-0.39, 0.29) is 11.4 Å². The number of ether oxygens (including phenoxy) is 1. The molecule has 0 aromatic heterocycles. The Balaban J connectivity index is 1.87. The van der Waals surface area contributed by atoms with Crippen molar-refractivity contribution in [2.75, 3.05) is 31.1 Å². The number of esters is 1. The van der Waals surface area contributed by atoms with Gasteiger partial charge < -0.3 is 15.0 Å². The van der Waals surface area contributed by atoms with Gasteiger partial charge in [0, 0.05) is 42.5 Å². The molecular formula is C28H31N3O4. The van der Waals surface area contributed by atoms with E-state index < -0.39 is 11.9 Å². The smallest absolute Gasteiger partial charge is 0.330 e. The summed E-state index contributed by atoms with van der Waals surface area (Å²) in [5, 5.41) is 2.71. The number of hydrogen-bond acceptors (Lipinski definition) is 6. The summed E-state index contributed by atoms with van der Waals surface area (Å²) in [7, 11) is 0. The normalized spacial score (nSPS) is 13.6. The van der Waals surface area contributed by atoms with Crippen LogP contribution >= 0.6 is 0 Å². The zero-order chi connectivity index (χ0) is 25.4. The number of allylic oxidation sites excluding steroid dienone is 1. The Bertz CT molecular complexity index is 1200. The lowest BCUT2D eigenvalue weighted by molar-refractivity contribution is -0.137. The maximum atomic E-state index is 12.9. The SMILES string of the molecule is C=CC(=O)OCCCN(CC)c1ccc(N=C2C=C(C(=O)NCC)C(=O)c3ccccc32)c(C)c1. The van der Waals surface area contributed by atoms with Gasteiger partial charge in [-0.1, -0.05) is 30.8 Å². The molecule has 7 nitrogen and oxygen atoms in total. The molecule has 0 unspecified atom stereocenters. The summed E-state index contributed by atoms with van der Waals surface area (Å²) < 4.78 is 5.07. The predicted molar refractivity (Wildman–Crippen MR) is 139 cm³/mol. The molecule has 7 heteroatoms. The van der Waals surface area contributed by atoms with Crippen LogP contribution in [0.25, 0.3) is 0 Å². The first-order valence-electron chi connectivity index (χ1n) is 11.8. The van der Waals surface area contributed by atoms with Gasteiger partial charge in [-0.2, -0.15) is 0 Å². The molecule has 2 aromatic rings. The van der Waals surface area contributed by atoms with E-state index >= 15 is 0 Å². The number of anilines is 1. The number of amides is 1. The highest BCUT2D eigenvalue weighted by atomic mass is 16.5. The first-order chi connectivity index (χ1) is 16.9. The number of carbonyl (C=O) groups is 3. The van der Waals surface area contributed by atoms with Crippen molar-refractivity contribution in [1.82, 2.24) is 5.32 Å². The van der Waals surface area contributed by atoms with Gasteiger partial charge in [-0.3, -0.25) is 9.59 Å². The number of aryl methyl sites for hydroxylation is 1. The third-order valence-electron chi connectivity index (χ3n) is 5.71. The van der Waals surface area contributed by atoms with E-state index in [2.05, 4.69) is 29.8 Å². The number of rotatable bonds is 10. The number of benzene rings is 2. The Kier molecular flexibility index (Phi) is 8.73. The lowest BCUT2D eigenvalue weighted by Crippen LogP contribution is -2.31. The maximum absolute atomic E-state index is 12.9. The summed E-state index contributed by atoms with van der Waals surface area (Å²) in [6.45, 7) is 11.6. The average Bonchev–Trinajstić information content (AvgIpc) is 2.86. The van der Waals surface area contributed by atoms with E-state index in [4.69, 9.17) is 9.73 Å². The fraction of sp³-hybridized carbons (Fsp3) is 0.286. The van der Waals surface area contributed by atoms with Gasteiger partial charge in [0.05, 0.1) is 23.6 Å². The van der Waals surface area contributed by atoms with Crippen LogP contribution in [0.2, 0.25) is 0 Å². The minimum absolute atomic E-state index is 0.0906. The lowest BCUT2D eigenvalue weighted by Gasteiger charge is -2.24. The van der Waals surface area contributed by atoms with Crippen LogP contribution in [0.3, 0.4) is 0 Å². The quantitative estimate of drug-likeness (QED) is 0.240. The number of nitrogens with one attached hydrogen (secondary N) is 1. The van der Waals surface area contributed by atoms with Gasteiger partial charge >= 0.3 is 5.97 Å². The summed E-state index contributed by atoms with van der Waals surface area (Å²) in [4.78, 5) is 43.7. The van der Waals surface area contributed by atoms with Crippen LogP contribution in [0, 0.1) is 6.92 Å². The van der Waals surface area contributed by atoms with Crippen molar-refractivity contribution in [2.24, 2.45) is 4.99 Å². The number of Topliss-reactive ketones (excluding diaryl/α,β-unsaturated/α-hetero) is 1. The Morgan fingerprint density at radius 3 is 2.54 bits per heavy atom. The third-order valence-corrected chi connectivity index (χ3v) is 5.71. The molecule has 0 saturated carbocycles. The number of carbonyl (C=O) groups excluding carboxylic acids is 3. The molecule has 0 bridgehead atoms. The summed E-state index contributed by atoms with van der Waals surface area (Å²) in [6, 6.07) is 13.2. The average molecular weight is 474 g/mol. The standard InChI is InChI=1S/C28H31N3O4/c1-5-26(32)35-16-10-15-31(7-3)20-13-14-24(19(4)17-20)30-25-18-23(28(34)29-6-2)27(33)22-12-9-8-11-21(22)25/h5,8-9,11-14,17-18H,1,6-7,10,15-16H2,2-4H3,(H,29,34). The molecule has 3 rings (SSSR count). The van der Waals surface area contributed by atoms with Crippen LogP contribution < -0.4 is 10.2 Å². The largest absolute Gasteiger partial charge is 0.462 e. The van der Waals surface area contributed by atoms with Crippen molar-refractivity contribution >= 4 is 34.7 Å². The van der Waals surface area contributed by atoms with Crippen molar-refractivity contribution in [3.8, 4) is 0 Å². The highest BCUT2D eigenvalue weighted by Gasteiger charge is 2.28. The fourth-order valence-electron chi connectivity index (χ4n) is 3.89. The molecule has 1 aliphatic rings. The number of aliphatic imine (C=N–C) groups is 1. The van der Waals surface area contributed by atoms with Crippen molar-refractivity contribution in [3.63, 3.8) is 0 Å². The molecule has 0 fully saturated rings. The Morgan fingerprint density at radius 1 is 1.14 bits per heavy atom. The molecule has 1 N–H and O–H groups in total. The van der Waals surface area contributed by atoms with Crippen LogP contribution in [0.5, 0.6) is 0 Å². The van der Waals surface area contributed by atoms with Crippen LogP contribution in [-0.4, -0.2) is 49.6 Å². The molecule has 0 spiro atoms. The second-order valence-electron chi connectivity index (χ2n) is 8.06. The maximum Gasteiger partial charge on any atom is 0.330 e. The first-order valence-corrected chi connectivity index (χ1v) is 11.8. The number of nitrogens with zero attached hydrogens (tertiary/aromatic N) is 2. The number of hydrogen-bond donors (Lipinski definition) is 1. The number of likely N-dealkylation sites (N-methyl/N-ethyl adjacent to an activating group) is 1. The van der Waals surface area contributed by atoms with Crippen molar-refractivity contribution in [2.45, 2.75) is 27.2 Å². The molecule has 0 aliphatic heterocycles. The predicted octanol–water partition coefficient (Wildman–Crippen LogP) is 4.32. The van der Waals surface area contributed by atoms with Crippen molar-refractivity contribution in [3.05, 3.63) is 83.5 Å². The van der Waals surface area contributed by atoms with Gasteiger partial charge in [0.25, 0.3) is 5.91 Å². The molecule has 1 amide bonds. The van der Waals surface area contributed by atoms with Gasteiger partial charge in [-0.15, -0.1) is 0 Å². The van der Waals surface area contributed by atoms with Crippen LogP contribution in [0.15, 0.2) is 71.8 Å². The summed E-state index contributed by atoms with van der Waals surface area (Å²) in [5.74, 6) is -1.11. The van der Waals surface area contributed by atoms with E-state index in [1.807, 2.05) is 38.1 Å². The molecule has 1 aliphatic carbocycles. The van der Waals surface area contributed by atoms with Gasteiger partial charge in [0.1, 0.15) is 0 Å². The fourth-order valence-corrected chi connectivity index (χ4v) is 3.89. The minimum atomic E-state index is -0.414. The van der Waals surface area contributed by atoms with Crippen molar-refractivity contribution in [1.29, 1.82) is 0 Å². The molecule has 2 aromatic carbocycles. The Morgan fingerprint density at radius 2 is 1.89 bits per heavy atom. The first kappa shape index (κ1) is 25.6. The number of fused-ring (bicyclic) bond motifs is 1. The van der Waals surface area contributed by atoms with E-state index in [1.165, 1.54) is 0 Å². The molecular weight excluding hydrogens is 442 g/mol. The van der Waals surface area contributed by atoms with Gasteiger partial charge in [-0.05, 0) is 57.0 Å². The van der Waals surface area contributed by atoms with E-state index in [9.17, 15) is 14.4 Å². The minimum Gasteiger partial charge on any atom is -0.462 e. The van der Waals surface area contributed by atoms with Crippen LogP contribution in [-0.2, 0) is 14.3 Å². The molecule has 0 radical (unpaired) electrons. The van der Waals surface area contributed by atoms with E-state index in [0.29, 0.717) is 36.4 Å². The zero-order valence-electron chi connectivity index (χ0n) is 20.5. The Labute approximate surface area is 206 Å². The Hall–Kier alpha value is -4.00. The third kappa shape index (κ3) is 6.12. The molecule has 35 heavy (non-hydrogen) atoms. The van der Waals surface area contributed by atoms with Crippen molar-refractivity contribution < 1.29 is 19.1 Å². The topological polar surface area (TPSA) is 88.1 Å². The molecule has 0 saturated heterocycles. The second-order valence-corrected chi connectivity index (χ2v) is 8.06. The second kappa shape index (κ2) is 11.9. The summed E-state index contributed by atoms with van der Waals surface area (Å²) in [5.41, 5.74) is 4.62. The summed E-state index contributed by atoms with van der Waals surface area (Å²) in [6.07, 6.45) is 3.44. The van der Waals surface area contributed by atoms with Crippen LogP contribution in [0.1, 0.15) is 41.8 Å². The highest BCUT2D eigenvalue weighted by Crippen LogP contribution is 2.29. The van der Waals surface area contributed by atoms with Gasteiger partial charge in [0.15, 0.2) is 5.78 Å². The van der Waals surface area contributed by atoms with Gasteiger partial charge in [-0.25, -0.2) is 9.79 Å². The number of ketones is 1. The van der Waals surface area contributed by atoms with E-state index in [1.54, 1.807) is 18.2 Å².